The van der Waals surface area contributed by atoms with E-state index >= 15 is 0 Å². The van der Waals surface area contributed by atoms with Crippen LogP contribution in [0.3, 0.4) is 0 Å². The van der Waals surface area contributed by atoms with Crippen molar-refractivity contribution < 1.29 is 32.6 Å². The predicted molar refractivity (Wildman–Crippen MR) is 150 cm³/mol. The lowest BCUT2D eigenvalue weighted by Crippen LogP contribution is -2.35. The van der Waals surface area contributed by atoms with Crippen molar-refractivity contribution in [3.8, 4) is 0 Å². The van der Waals surface area contributed by atoms with E-state index in [1.807, 2.05) is 37.6 Å². The fraction of sp³-hybridized carbons (Fsp3) is 0.538. The first-order valence-electron chi connectivity index (χ1n) is 12.7. The molecule has 2 aromatic heterocycles. The molecular weight excluding hydrogens is 588 g/mol. The van der Waals surface area contributed by atoms with Crippen LogP contribution in [0.2, 0.25) is 10.2 Å². The van der Waals surface area contributed by atoms with Crippen molar-refractivity contribution in [2.24, 2.45) is 0 Å². The zero-order chi connectivity index (χ0) is 30.9. The fourth-order valence-electron chi connectivity index (χ4n) is 4.22. The van der Waals surface area contributed by atoms with E-state index in [2.05, 4.69) is 47.3 Å². The van der Waals surface area contributed by atoms with Gasteiger partial charge in [-0.15, -0.1) is 0 Å². The van der Waals surface area contributed by atoms with Gasteiger partial charge in [-0.3, -0.25) is 5.10 Å². The summed E-state index contributed by atoms with van der Waals surface area (Å²) in [5.74, 6) is -1.25. The molecule has 1 fully saturated rings. The van der Waals surface area contributed by atoms with E-state index in [0.29, 0.717) is 29.8 Å². The van der Waals surface area contributed by atoms with Crippen LogP contribution in [0.15, 0.2) is 18.3 Å². The molecule has 3 heterocycles. The van der Waals surface area contributed by atoms with E-state index in [9.17, 15) is 18.0 Å². The summed E-state index contributed by atoms with van der Waals surface area (Å²) in [6.45, 7) is 13.6. The summed E-state index contributed by atoms with van der Waals surface area (Å²) in [5, 5.41) is 20.1. The van der Waals surface area contributed by atoms with Crippen molar-refractivity contribution >= 4 is 52.0 Å². The van der Waals surface area contributed by atoms with Crippen LogP contribution >= 0.6 is 23.2 Å². The van der Waals surface area contributed by atoms with Crippen LogP contribution in [-0.2, 0) is 21.5 Å². The van der Waals surface area contributed by atoms with Gasteiger partial charge in [-0.2, -0.15) is 18.3 Å². The molecule has 4 rings (SSSR count). The Kier molecular flexibility index (Phi) is 9.43. The lowest BCUT2D eigenvalue weighted by Gasteiger charge is -2.24. The third kappa shape index (κ3) is 8.41. The molecule has 226 valence electrons. The minimum Gasteiger partial charge on any atom is -0.475 e. The highest BCUT2D eigenvalue weighted by molar-refractivity contribution is 6.32. The Balaban J connectivity index is 0.000000587. The number of carboxylic acid groups (broad SMARTS) is 1. The molecule has 0 radical (unpaired) electrons. The third-order valence-corrected chi connectivity index (χ3v) is 6.60. The maximum atomic E-state index is 12.5. The number of carboxylic acids is 1. The molecule has 1 amide bonds. The highest BCUT2D eigenvalue weighted by Gasteiger charge is 2.38. The van der Waals surface area contributed by atoms with Crippen molar-refractivity contribution in [3.05, 3.63) is 39.9 Å². The van der Waals surface area contributed by atoms with Crippen molar-refractivity contribution in [1.29, 1.82) is 0 Å². The quantitative estimate of drug-likeness (QED) is 0.293. The highest BCUT2D eigenvalue weighted by Crippen LogP contribution is 2.35. The number of hydrogen-bond donors (Lipinski definition) is 3. The standard InChI is InChI=1S/C24H32Cl2N6O2.C2HF3O2/c1-23(2,3)16-9-15-18(10-17(16)25)29-30-21(15)27-11-20-28-19(26)13-32(20)14-7-8-31(12-14)22(33)34-24(4,5)6;3-2(4,5)1(6)7/h9-10,13-14H,7-8,11-12H2,1-6H3,(H2,27,29,30);(H,6,7)/t14-;/m1./s1. The van der Waals surface area contributed by atoms with Gasteiger partial charge in [0.2, 0.25) is 0 Å². The summed E-state index contributed by atoms with van der Waals surface area (Å²) in [5.41, 5.74) is 1.31. The number of aliphatic carboxylic acids is 1. The number of H-pyrrole nitrogens is 1. The minimum absolute atomic E-state index is 0.0755. The first kappa shape index (κ1) is 32.3. The molecule has 3 aromatic rings. The Morgan fingerprint density at radius 3 is 2.37 bits per heavy atom. The van der Waals surface area contributed by atoms with E-state index in [0.717, 1.165) is 34.5 Å². The van der Waals surface area contributed by atoms with Crippen molar-refractivity contribution in [2.45, 2.75) is 77.7 Å². The Morgan fingerprint density at radius 2 is 1.80 bits per heavy atom. The molecule has 0 bridgehead atoms. The Labute approximate surface area is 245 Å². The lowest BCUT2D eigenvalue weighted by molar-refractivity contribution is -0.192. The molecular formula is C26H33Cl2F3N6O4. The number of alkyl halides is 3. The molecule has 1 aromatic carbocycles. The molecule has 1 saturated heterocycles. The molecule has 41 heavy (non-hydrogen) atoms. The molecule has 3 N–H and O–H groups in total. The summed E-state index contributed by atoms with van der Waals surface area (Å²) in [6.07, 6.45) is -2.75. The van der Waals surface area contributed by atoms with Crippen LogP contribution in [-0.4, -0.2) is 66.7 Å². The molecule has 0 spiro atoms. The topological polar surface area (TPSA) is 125 Å². The maximum Gasteiger partial charge on any atom is 0.490 e. The predicted octanol–water partition coefficient (Wildman–Crippen LogP) is 6.79. The number of anilines is 1. The van der Waals surface area contributed by atoms with Crippen molar-refractivity contribution in [3.63, 3.8) is 0 Å². The zero-order valence-corrected chi connectivity index (χ0v) is 25.0. The number of hydrogen-bond acceptors (Lipinski definition) is 6. The van der Waals surface area contributed by atoms with Crippen LogP contribution in [0.1, 0.15) is 65.4 Å². The number of carbonyl (C=O) groups excluding carboxylic acids is 1. The van der Waals surface area contributed by atoms with Crippen LogP contribution in [0.4, 0.5) is 23.8 Å². The van der Waals surface area contributed by atoms with Gasteiger partial charge in [0.05, 0.1) is 18.1 Å². The molecule has 0 aliphatic carbocycles. The number of carbonyl (C=O) groups is 2. The number of rotatable bonds is 4. The number of likely N-dealkylation sites (tertiary alicyclic amines) is 1. The van der Waals surface area contributed by atoms with Crippen LogP contribution < -0.4 is 5.32 Å². The molecule has 1 aliphatic rings. The van der Waals surface area contributed by atoms with Gasteiger partial charge in [-0.05, 0) is 50.3 Å². The Bertz CT molecular complexity index is 1410. The summed E-state index contributed by atoms with van der Waals surface area (Å²) < 4.78 is 39.3. The first-order valence-corrected chi connectivity index (χ1v) is 13.4. The normalized spacial score (nSPS) is 16.0. The molecule has 0 saturated carbocycles. The smallest absolute Gasteiger partial charge is 0.475 e. The number of nitrogens with zero attached hydrogens (tertiary/aromatic N) is 4. The average Bonchev–Trinajstić information content (AvgIpc) is 3.53. The number of ether oxygens (including phenoxy) is 1. The second-order valence-electron chi connectivity index (χ2n) is 11.6. The number of aromatic nitrogens is 4. The van der Waals surface area contributed by atoms with Crippen molar-refractivity contribution in [1.82, 2.24) is 24.6 Å². The van der Waals surface area contributed by atoms with E-state index < -0.39 is 17.7 Å². The SMILES string of the molecule is CC(C)(C)OC(=O)N1CC[C@@H](n2cc(Cl)nc2CNc2n[nH]c3cc(Cl)c(C(C)(C)C)cc23)C1.O=C(O)C(F)(F)F. The third-order valence-electron chi connectivity index (χ3n) is 6.10. The van der Waals surface area contributed by atoms with Gasteiger partial charge in [0.1, 0.15) is 16.6 Å². The van der Waals surface area contributed by atoms with Crippen molar-refractivity contribution in [2.75, 3.05) is 18.4 Å². The second kappa shape index (κ2) is 12.0. The summed E-state index contributed by atoms with van der Waals surface area (Å²) in [6, 6.07) is 4.07. The number of nitrogens with one attached hydrogen (secondary N) is 2. The fourth-order valence-corrected chi connectivity index (χ4v) is 4.87. The summed E-state index contributed by atoms with van der Waals surface area (Å²) in [7, 11) is 0. The maximum absolute atomic E-state index is 12.5. The van der Waals surface area contributed by atoms with E-state index in [1.54, 1.807) is 4.90 Å². The Hall–Kier alpha value is -3.19. The van der Waals surface area contributed by atoms with E-state index in [4.69, 9.17) is 37.8 Å². The van der Waals surface area contributed by atoms with Crippen LogP contribution in [0, 0.1) is 0 Å². The van der Waals surface area contributed by atoms with E-state index in [-0.39, 0.29) is 17.6 Å². The molecule has 1 aliphatic heterocycles. The average molecular weight is 621 g/mol. The largest absolute Gasteiger partial charge is 0.490 e. The van der Waals surface area contributed by atoms with Gasteiger partial charge in [0.15, 0.2) is 5.82 Å². The van der Waals surface area contributed by atoms with Gasteiger partial charge >= 0.3 is 18.2 Å². The molecule has 1 atom stereocenters. The number of aromatic amines is 1. The van der Waals surface area contributed by atoms with Gasteiger partial charge in [-0.1, -0.05) is 44.0 Å². The zero-order valence-electron chi connectivity index (χ0n) is 23.5. The van der Waals surface area contributed by atoms with Gasteiger partial charge < -0.3 is 24.6 Å². The number of benzene rings is 1. The number of imidazole rings is 1. The van der Waals surface area contributed by atoms with Gasteiger partial charge in [0, 0.05) is 29.7 Å². The van der Waals surface area contributed by atoms with Gasteiger partial charge in [0.25, 0.3) is 0 Å². The van der Waals surface area contributed by atoms with E-state index in [1.165, 1.54) is 0 Å². The van der Waals surface area contributed by atoms with Crippen LogP contribution in [0.25, 0.3) is 10.9 Å². The first-order chi connectivity index (χ1) is 18.8. The van der Waals surface area contributed by atoms with Gasteiger partial charge in [-0.25, -0.2) is 14.6 Å². The highest BCUT2D eigenvalue weighted by atomic mass is 35.5. The summed E-state index contributed by atoms with van der Waals surface area (Å²) in [4.78, 5) is 27.6. The molecule has 10 nitrogen and oxygen atoms in total. The monoisotopic (exact) mass is 620 g/mol. The number of fused-ring (bicyclic) bond motifs is 1. The minimum atomic E-state index is -5.08. The lowest BCUT2D eigenvalue weighted by atomic mass is 9.86. The second-order valence-corrected chi connectivity index (χ2v) is 12.4. The Morgan fingerprint density at radius 1 is 1.17 bits per heavy atom. The number of halogens is 5. The van der Waals surface area contributed by atoms with Crippen LogP contribution in [0.5, 0.6) is 0 Å². The summed E-state index contributed by atoms with van der Waals surface area (Å²) >= 11 is 12.8. The molecule has 15 heteroatoms. The molecule has 0 unspecified atom stereocenters. The number of amides is 1.